The molecule has 9 heteroatoms. The van der Waals surface area contributed by atoms with Gasteiger partial charge in [0.2, 0.25) is 0 Å². The molecule has 1 unspecified atom stereocenters. The Balaban J connectivity index is 1.62. The van der Waals surface area contributed by atoms with Gasteiger partial charge in [-0.15, -0.1) is 0 Å². The lowest BCUT2D eigenvalue weighted by molar-refractivity contribution is 0.221. The number of hydrogen-bond acceptors (Lipinski definition) is 6. The van der Waals surface area contributed by atoms with Crippen LogP contribution in [0.4, 0.5) is 14.6 Å². The van der Waals surface area contributed by atoms with Crippen LogP contribution in [0, 0.1) is 11.6 Å². The second-order valence-electron chi connectivity index (χ2n) is 6.28. The zero-order valence-corrected chi connectivity index (χ0v) is 14.6. The van der Waals surface area contributed by atoms with Gasteiger partial charge in [0.15, 0.2) is 17.4 Å². The van der Waals surface area contributed by atoms with Crippen LogP contribution in [0.3, 0.4) is 0 Å². The molecule has 0 aliphatic carbocycles. The number of hydrogen-bond donors (Lipinski definition) is 2. The molecule has 1 aliphatic heterocycles. The van der Waals surface area contributed by atoms with Crippen molar-refractivity contribution < 1.29 is 13.5 Å². The third-order valence-corrected chi connectivity index (χ3v) is 4.37. The number of nitrogens with one attached hydrogen (secondary N) is 1. The highest BCUT2D eigenvalue weighted by molar-refractivity contribution is 5.61. The van der Waals surface area contributed by atoms with Gasteiger partial charge in [-0.1, -0.05) is 0 Å². The standard InChI is InChI=1S/C18H18F2N6O/c1-10(13-7-12(19)2-3-14(13)20)27-15-6-11(8-23-17(15)21)18-24-16-9-22-4-5-26(16)25-18/h2-3,6-8,10,22H,4-5,9H2,1H3,(H2,21,23). The molecule has 2 aromatic heterocycles. The monoisotopic (exact) mass is 372 g/mol. The molecule has 0 spiro atoms. The number of anilines is 1. The van der Waals surface area contributed by atoms with Crippen LogP contribution in [0.5, 0.6) is 5.75 Å². The van der Waals surface area contributed by atoms with E-state index in [1.54, 1.807) is 19.2 Å². The molecular weight excluding hydrogens is 354 g/mol. The van der Waals surface area contributed by atoms with E-state index in [1.165, 1.54) is 0 Å². The fraction of sp³-hybridized carbons (Fsp3) is 0.278. The van der Waals surface area contributed by atoms with Gasteiger partial charge in [-0.3, -0.25) is 0 Å². The van der Waals surface area contributed by atoms with Crippen LogP contribution in [0.15, 0.2) is 30.5 Å². The minimum absolute atomic E-state index is 0.0986. The Hall–Kier alpha value is -3.07. The molecule has 0 amide bonds. The number of fused-ring (bicyclic) bond motifs is 1. The van der Waals surface area contributed by atoms with E-state index in [0.717, 1.165) is 37.1 Å². The van der Waals surface area contributed by atoms with Crippen molar-refractivity contribution in [1.29, 1.82) is 0 Å². The number of nitrogens with two attached hydrogens (primary N) is 1. The molecule has 4 rings (SSSR count). The third-order valence-electron chi connectivity index (χ3n) is 4.37. The second-order valence-corrected chi connectivity index (χ2v) is 6.28. The van der Waals surface area contributed by atoms with Crippen molar-refractivity contribution in [2.24, 2.45) is 0 Å². The number of rotatable bonds is 4. The van der Waals surface area contributed by atoms with Gasteiger partial charge in [0, 0.05) is 23.9 Å². The number of ether oxygens (including phenoxy) is 1. The molecule has 1 aromatic carbocycles. The number of nitrogens with zero attached hydrogens (tertiary/aromatic N) is 4. The number of benzene rings is 1. The van der Waals surface area contributed by atoms with Gasteiger partial charge in [-0.2, -0.15) is 5.10 Å². The van der Waals surface area contributed by atoms with Crippen molar-refractivity contribution in [1.82, 2.24) is 25.1 Å². The molecule has 3 aromatic rings. The van der Waals surface area contributed by atoms with E-state index < -0.39 is 17.7 Å². The zero-order chi connectivity index (χ0) is 19.0. The minimum Gasteiger partial charge on any atom is -0.482 e. The summed E-state index contributed by atoms with van der Waals surface area (Å²) in [5, 5.41) is 7.70. The first-order valence-electron chi connectivity index (χ1n) is 8.53. The Labute approximate surface area is 154 Å². The Morgan fingerprint density at radius 3 is 2.96 bits per heavy atom. The van der Waals surface area contributed by atoms with Crippen molar-refractivity contribution in [2.45, 2.75) is 26.1 Å². The zero-order valence-electron chi connectivity index (χ0n) is 14.6. The number of aromatic nitrogens is 4. The van der Waals surface area contributed by atoms with Crippen LogP contribution in [0.25, 0.3) is 11.4 Å². The summed E-state index contributed by atoms with van der Waals surface area (Å²) in [7, 11) is 0. The summed E-state index contributed by atoms with van der Waals surface area (Å²) < 4.78 is 35.0. The van der Waals surface area contributed by atoms with Crippen molar-refractivity contribution >= 4 is 5.82 Å². The summed E-state index contributed by atoms with van der Waals surface area (Å²) in [6.45, 7) is 3.84. The average Bonchev–Trinajstić information content (AvgIpc) is 3.09. The van der Waals surface area contributed by atoms with Crippen molar-refractivity contribution in [3.63, 3.8) is 0 Å². The van der Waals surface area contributed by atoms with Crippen LogP contribution < -0.4 is 15.8 Å². The summed E-state index contributed by atoms with van der Waals surface area (Å²) >= 11 is 0. The summed E-state index contributed by atoms with van der Waals surface area (Å²) in [5.41, 5.74) is 6.63. The smallest absolute Gasteiger partial charge is 0.183 e. The number of halogens is 2. The van der Waals surface area contributed by atoms with Crippen LogP contribution in [0.2, 0.25) is 0 Å². The second kappa shape index (κ2) is 6.92. The van der Waals surface area contributed by atoms with Gasteiger partial charge >= 0.3 is 0 Å². The Bertz CT molecular complexity index is 966. The maximum absolute atomic E-state index is 14.0. The summed E-state index contributed by atoms with van der Waals surface area (Å²) in [5.74, 6) is 0.662. The predicted octanol–water partition coefficient (Wildman–Crippen LogP) is 2.44. The Kier molecular flexibility index (Phi) is 4.44. The van der Waals surface area contributed by atoms with Gasteiger partial charge in [-0.05, 0) is 31.2 Å². The fourth-order valence-electron chi connectivity index (χ4n) is 2.94. The first-order chi connectivity index (χ1) is 13.0. The lowest BCUT2D eigenvalue weighted by Crippen LogP contribution is -2.28. The molecule has 140 valence electrons. The molecule has 1 aliphatic rings. The normalized spacial score (nSPS) is 14.6. The van der Waals surface area contributed by atoms with Crippen LogP contribution in [-0.4, -0.2) is 26.3 Å². The van der Waals surface area contributed by atoms with Gasteiger partial charge in [0.25, 0.3) is 0 Å². The molecule has 0 saturated carbocycles. The molecular formula is C18H18F2N6O. The van der Waals surface area contributed by atoms with Crippen molar-refractivity contribution in [3.05, 3.63) is 53.5 Å². The Morgan fingerprint density at radius 1 is 1.30 bits per heavy atom. The molecule has 27 heavy (non-hydrogen) atoms. The quantitative estimate of drug-likeness (QED) is 0.731. The fourth-order valence-corrected chi connectivity index (χ4v) is 2.94. The summed E-state index contributed by atoms with van der Waals surface area (Å²) in [6.07, 6.45) is 0.803. The van der Waals surface area contributed by atoms with Crippen LogP contribution in [-0.2, 0) is 13.1 Å². The number of pyridine rings is 1. The molecule has 0 saturated heterocycles. The van der Waals surface area contributed by atoms with E-state index in [4.69, 9.17) is 10.5 Å². The number of nitrogen functional groups attached to an aromatic ring is 1. The van der Waals surface area contributed by atoms with E-state index in [0.29, 0.717) is 17.9 Å². The van der Waals surface area contributed by atoms with Crippen LogP contribution >= 0.6 is 0 Å². The maximum Gasteiger partial charge on any atom is 0.183 e. The highest BCUT2D eigenvalue weighted by Crippen LogP contribution is 2.30. The highest BCUT2D eigenvalue weighted by atomic mass is 19.1. The molecule has 3 heterocycles. The first kappa shape index (κ1) is 17.3. The molecule has 7 nitrogen and oxygen atoms in total. The van der Waals surface area contributed by atoms with Crippen molar-refractivity contribution in [2.75, 3.05) is 12.3 Å². The Morgan fingerprint density at radius 2 is 2.15 bits per heavy atom. The SMILES string of the molecule is CC(Oc1cc(-c2nc3n(n2)CCNC3)cnc1N)c1cc(F)ccc1F. The van der Waals surface area contributed by atoms with Gasteiger partial charge in [-0.25, -0.2) is 23.4 Å². The summed E-state index contributed by atoms with van der Waals surface area (Å²) in [4.78, 5) is 8.63. The lowest BCUT2D eigenvalue weighted by Gasteiger charge is -2.17. The first-order valence-corrected chi connectivity index (χ1v) is 8.53. The largest absolute Gasteiger partial charge is 0.482 e. The maximum atomic E-state index is 14.0. The van der Waals surface area contributed by atoms with Gasteiger partial charge in [0.05, 0.1) is 13.1 Å². The molecule has 0 radical (unpaired) electrons. The molecule has 0 bridgehead atoms. The minimum atomic E-state index is -0.757. The lowest BCUT2D eigenvalue weighted by atomic mass is 10.1. The van der Waals surface area contributed by atoms with E-state index in [1.807, 2.05) is 4.68 Å². The average molecular weight is 372 g/mol. The van der Waals surface area contributed by atoms with E-state index >= 15 is 0 Å². The van der Waals surface area contributed by atoms with Crippen molar-refractivity contribution in [3.8, 4) is 17.1 Å². The summed E-state index contributed by atoms with van der Waals surface area (Å²) in [6, 6.07) is 4.88. The van der Waals surface area contributed by atoms with Gasteiger partial charge < -0.3 is 15.8 Å². The van der Waals surface area contributed by atoms with E-state index in [9.17, 15) is 8.78 Å². The molecule has 3 N–H and O–H groups in total. The third kappa shape index (κ3) is 3.45. The predicted molar refractivity (Wildman–Crippen MR) is 94.8 cm³/mol. The van der Waals surface area contributed by atoms with Gasteiger partial charge in [0.1, 0.15) is 23.6 Å². The molecule has 1 atom stereocenters. The molecule has 0 fully saturated rings. The van der Waals surface area contributed by atoms with E-state index in [-0.39, 0.29) is 17.1 Å². The highest BCUT2D eigenvalue weighted by Gasteiger charge is 2.19. The van der Waals surface area contributed by atoms with Crippen LogP contribution in [0.1, 0.15) is 24.4 Å². The topological polar surface area (TPSA) is 90.9 Å². The van der Waals surface area contributed by atoms with E-state index in [2.05, 4.69) is 20.4 Å².